The average molecular weight is 589 g/mol. The van der Waals surface area contributed by atoms with Gasteiger partial charge in [0.05, 0.1) is 10.9 Å². The summed E-state index contributed by atoms with van der Waals surface area (Å²) >= 11 is 7.19. The Morgan fingerprint density at radius 2 is 2.11 bits per heavy atom. The van der Waals surface area contributed by atoms with E-state index in [1.54, 1.807) is 24.0 Å². The van der Waals surface area contributed by atoms with Crippen LogP contribution in [0.25, 0.3) is 6.08 Å². The molecule has 1 N–H and O–H groups in total. The highest BCUT2D eigenvalue weighted by Gasteiger charge is 2.45. The summed E-state index contributed by atoms with van der Waals surface area (Å²) in [6.45, 7) is 5.30. The Bertz CT molecular complexity index is 1260. The molecule has 0 aliphatic carbocycles. The van der Waals surface area contributed by atoms with Gasteiger partial charge in [0, 0.05) is 29.1 Å². The zero-order valence-corrected chi connectivity index (χ0v) is 23.9. The third kappa shape index (κ3) is 6.74. The van der Waals surface area contributed by atoms with Gasteiger partial charge in [-0.1, -0.05) is 17.7 Å². The molecule has 2 aliphatic rings. The maximum atomic E-state index is 13.6. The van der Waals surface area contributed by atoms with Crippen LogP contribution in [0.4, 0.5) is 5.69 Å². The van der Waals surface area contributed by atoms with Crippen molar-refractivity contribution in [3.63, 3.8) is 0 Å². The molecule has 0 saturated carbocycles. The van der Waals surface area contributed by atoms with Crippen LogP contribution in [-0.4, -0.2) is 56.4 Å². The number of esters is 1. The summed E-state index contributed by atoms with van der Waals surface area (Å²) in [5, 5.41) is 4.41. The molecule has 1 fully saturated rings. The van der Waals surface area contributed by atoms with Crippen molar-refractivity contribution in [1.29, 1.82) is 0 Å². The first kappa shape index (κ1) is 29.6. The molecule has 1 aromatic carbocycles. The fourth-order valence-corrected chi connectivity index (χ4v) is 7.23. The third-order valence-electron chi connectivity index (χ3n) is 6.40. The highest BCUT2D eigenvalue weighted by Crippen LogP contribution is 2.31. The number of benzene rings is 1. The van der Waals surface area contributed by atoms with Crippen molar-refractivity contribution in [1.82, 2.24) is 9.62 Å². The number of rotatable bonds is 8. The normalized spacial score (nSPS) is 19.0. The summed E-state index contributed by atoms with van der Waals surface area (Å²) in [6, 6.07) is 7.14. The summed E-state index contributed by atoms with van der Waals surface area (Å²) in [7, 11) is -4.16. The van der Waals surface area contributed by atoms with Gasteiger partial charge in [-0.05, 0) is 81.1 Å². The molecule has 202 valence electrons. The van der Waals surface area contributed by atoms with Crippen LogP contribution in [-0.2, 0) is 37.3 Å². The molecule has 3 heterocycles. The van der Waals surface area contributed by atoms with Crippen LogP contribution in [0.3, 0.4) is 0 Å². The number of nitrogens with one attached hydrogen (secondary N) is 1. The van der Waals surface area contributed by atoms with E-state index < -0.39 is 28.1 Å². The number of hydrogen-bond acceptors (Lipinski definition) is 7. The van der Waals surface area contributed by atoms with Gasteiger partial charge in [0.15, 0.2) is 0 Å². The standard InChI is InChI=1S/C25H30ClN3O5S2.ClH/c1-3-34-25(31)17(2)29(36(32,33)14-11-21-8-9-23(26)35-21)22-10-13-28(24(22)30)20-7-6-19-16-27-12-4-5-18(19)15-20;/h6-9,11,14-15,17,22,27H,3-5,10,12-13,16H2,1-2H3;1H/b14-11+;/t17-,22-;/m0./s1. The summed E-state index contributed by atoms with van der Waals surface area (Å²) in [4.78, 5) is 28.5. The van der Waals surface area contributed by atoms with Crippen molar-refractivity contribution in [2.75, 3.05) is 24.6 Å². The molecular weight excluding hydrogens is 557 g/mol. The highest BCUT2D eigenvalue weighted by atomic mass is 35.5. The molecule has 1 amide bonds. The molecule has 8 nitrogen and oxygen atoms in total. The van der Waals surface area contributed by atoms with Crippen LogP contribution in [0.5, 0.6) is 0 Å². The zero-order chi connectivity index (χ0) is 25.9. The van der Waals surface area contributed by atoms with E-state index in [-0.39, 0.29) is 31.3 Å². The number of carbonyl (C=O) groups is 2. The van der Waals surface area contributed by atoms with E-state index in [0.29, 0.717) is 15.8 Å². The van der Waals surface area contributed by atoms with E-state index >= 15 is 0 Å². The molecule has 12 heteroatoms. The summed E-state index contributed by atoms with van der Waals surface area (Å²) in [5.74, 6) is -1.05. The van der Waals surface area contributed by atoms with Crippen molar-refractivity contribution in [2.24, 2.45) is 0 Å². The van der Waals surface area contributed by atoms with Crippen molar-refractivity contribution in [3.05, 3.63) is 56.1 Å². The number of aryl methyl sites for hydroxylation is 1. The SMILES string of the molecule is CCOC(=O)[C@H](C)N([C@H]1CCN(c2ccc3c(c2)CCCNC3)C1=O)S(=O)(=O)/C=C/c1ccc(Cl)s1.Cl. The smallest absolute Gasteiger partial charge is 0.324 e. The van der Waals surface area contributed by atoms with Crippen LogP contribution in [0.15, 0.2) is 35.7 Å². The first-order valence-corrected chi connectivity index (χ1v) is 14.7. The second kappa shape index (κ2) is 12.7. The van der Waals surface area contributed by atoms with Gasteiger partial charge in [0.1, 0.15) is 12.1 Å². The molecule has 4 rings (SSSR count). The van der Waals surface area contributed by atoms with Gasteiger partial charge in [0.25, 0.3) is 0 Å². The zero-order valence-electron chi connectivity index (χ0n) is 20.7. The lowest BCUT2D eigenvalue weighted by molar-refractivity contribution is -0.147. The number of anilines is 1. The van der Waals surface area contributed by atoms with Gasteiger partial charge in [-0.25, -0.2) is 8.42 Å². The Kier molecular flexibility index (Phi) is 10.2. The van der Waals surface area contributed by atoms with Crippen LogP contribution < -0.4 is 10.2 Å². The van der Waals surface area contributed by atoms with Crippen molar-refractivity contribution in [3.8, 4) is 0 Å². The summed E-state index contributed by atoms with van der Waals surface area (Å²) in [6.07, 6.45) is 3.62. The van der Waals surface area contributed by atoms with Gasteiger partial charge in [-0.3, -0.25) is 9.59 Å². The number of amides is 1. The van der Waals surface area contributed by atoms with E-state index in [0.717, 1.165) is 41.3 Å². The quantitative estimate of drug-likeness (QED) is 0.464. The van der Waals surface area contributed by atoms with Gasteiger partial charge < -0.3 is 15.0 Å². The van der Waals surface area contributed by atoms with E-state index in [4.69, 9.17) is 16.3 Å². The Hall–Kier alpha value is -1.95. The van der Waals surface area contributed by atoms with Crippen molar-refractivity contribution >= 4 is 69.0 Å². The Labute approximate surface area is 233 Å². The minimum atomic E-state index is -4.16. The molecule has 2 aliphatic heterocycles. The van der Waals surface area contributed by atoms with Gasteiger partial charge in [-0.15, -0.1) is 23.7 Å². The third-order valence-corrected chi connectivity index (χ3v) is 9.24. The first-order chi connectivity index (χ1) is 17.2. The minimum absolute atomic E-state index is 0. The van der Waals surface area contributed by atoms with E-state index in [1.165, 1.54) is 35.5 Å². The number of fused-ring (bicyclic) bond motifs is 1. The summed E-state index contributed by atoms with van der Waals surface area (Å²) < 4.78 is 33.6. The first-order valence-electron chi connectivity index (χ1n) is 12.0. The second-order valence-corrected chi connectivity index (χ2v) is 12.2. The fourth-order valence-electron chi connectivity index (χ4n) is 4.65. The average Bonchev–Trinajstić information content (AvgIpc) is 3.34. The molecule has 2 aromatic rings. The van der Waals surface area contributed by atoms with Gasteiger partial charge in [-0.2, -0.15) is 4.31 Å². The molecule has 2 atom stereocenters. The topological polar surface area (TPSA) is 96.0 Å². The summed E-state index contributed by atoms with van der Waals surface area (Å²) in [5.41, 5.74) is 3.14. The van der Waals surface area contributed by atoms with Crippen LogP contribution in [0.2, 0.25) is 4.34 Å². The molecule has 1 aromatic heterocycles. The largest absolute Gasteiger partial charge is 0.465 e. The van der Waals surface area contributed by atoms with Gasteiger partial charge >= 0.3 is 5.97 Å². The maximum Gasteiger partial charge on any atom is 0.324 e. The van der Waals surface area contributed by atoms with Crippen LogP contribution >= 0.6 is 35.3 Å². The number of sulfonamides is 1. The molecule has 0 bridgehead atoms. The lowest BCUT2D eigenvalue weighted by atomic mass is 10.0. The number of halogens is 2. The monoisotopic (exact) mass is 587 g/mol. The minimum Gasteiger partial charge on any atom is -0.465 e. The predicted molar refractivity (Wildman–Crippen MR) is 150 cm³/mol. The van der Waals surface area contributed by atoms with E-state index in [9.17, 15) is 18.0 Å². The Morgan fingerprint density at radius 1 is 1.32 bits per heavy atom. The fraction of sp³-hybridized carbons (Fsp3) is 0.440. The highest BCUT2D eigenvalue weighted by molar-refractivity contribution is 7.92. The molecule has 0 radical (unpaired) electrons. The van der Waals surface area contributed by atoms with Gasteiger partial charge in [0.2, 0.25) is 15.9 Å². The van der Waals surface area contributed by atoms with E-state index in [1.807, 2.05) is 18.2 Å². The lowest BCUT2D eigenvalue weighted by Gasteiger charge is -2.30. The number of ether oxygens (including phenoxy) is 1. The molecular formula is C25H31Cl2N3O5S2. The number of nitrogens with zero attached hydrogens (tertiary/aromatic N) is 2. The number of carbonyl (C=O) groups excluding carboxylic acids is 2. The number of thiophene rings is 1. The molecule has 0 unspecified atom stereocenters. The second-order valence-electron chi connectivity index (χ2n) is 8.78. The van der Waals surface area contributed by atoms with Crippen LogP contribution in [0.1, 0.15) is 42.7 Å². The molecule has 1 saturated heterocycles. The molecule has 0 spiro atoms. The molecule has 37 heavy (non-hydrogen) atoms. The lowest BCUT2D eigenvalue weighted by Crippen LogP contribution is -2.52. The Balaban J connectivity index is 0.00000380. The van der Waals surface area contributed by atoms with Crippen molar-refractivity contribution in [2.45, 2.75) is 51.7 Å². The Morgan fingerprint density at radius 3 is 2.81 bits per heavy atom. The number of hydrogen-bond donors (Lipinski definition) is 1. The predicted octanol–water partition coefficient (Wildman–Crippen LogP) is 4.22. The van der Waals surface area contributed by atoms with Crippen molar-refractivity contribution < 1.29 is 22.7 Å². The maximum absolute atomic E-state index is 13.6. The van der Waals surface area contributed by atoms with Crippen LogP contribution in [0, 0.1) is 0 Å². The van der Waals surface area contributed by atoms with E-state index in [2.05, 4.69) is 5.32 Å².